The Hall–Kier alpha value is -1.85. The number of hydrogen-bond donors (Lipinski definition) is 2. The van der Waals surface area contributed by atoms with Crippen LogP contribution in [0.4, 0.5) is 5.69 Å². The first-order chi connectivity index (χ1) is 10.5. The van der Waals surface area contributed by atoms with E-state index in [0.717, 1.165) is 0 Å². The van der Waals surface area contributed by atoms with E-state index >= 15 is 0 Å². The second-order valence-corrected chi connectivity index (χ2v) is 6.55. The summed E-state index contributed by atoms with van der Waals surface area (Å²) in [6.45, 7) is 3.78. The Kier molecular flexibility index (Phi) is 5.57. The lowest BCUT2D eigenvalue weighted by atomic mass is 10.0. The van der Waals surface area contributed by atoms with Crippen LogP contribution in [0.25, 0.3) is 0 Å². The predicted molar refractivity (Wildman–Crippen MR) is 90.5 cm³/mol. The first kappa shape index (κ1) is 16.5. The molecule has 1 atom stereocenters. The molecule has 0 aliphatic heterocycles. The number of carbonyl (C=O) groups excluding carboxylic acids is 2. The molecular formula is C16H17ClN2O2S. The van der Waals surface area contributed by atoms with Gasteiger partial charge >= 0.3 is 0 Å². The third kappa shape index (κ3) is 4.32. The minimum atomic E-state index is -0.606. The van der Waals surface area contributed by atoms with E-state index in [-0.39, 0.29) is 17.7 Å². The molecule has 0 bridgehead atoms. The first-order valence-corrected chi connectivity index (χ1v) is 8.14. The molecule has 2 N–H and O–H groups in total. The topological polar surface area (TPSA) is 58.2 Å². The van der Waals surface area contributed by atoms with Crippen LogP contribution >= 0.6 is 22.9 Å². The van der Waals surface area contributed by atoms with Crippen molar-refractivity contribution in [3.63, 3.8) is 0 Å². The molecule has 0 saturated heterocycles. The minimum absolute atomic E-state index is 0.0313. The first-order valence-electron chi connectivity index (χ1n) is 6.88. The van der Waals surface area contributed by atoms with E-state index in [9.17, 15) is 9.59 Å². The standard InChI is InChI=1S/C16H17ClN2O2S/c1-10(2)14(19-15(20)13-4-3-9-22-13)16(21)18-12-7-5-11(17)6-8-12/h3-10,14H,1-2H3,(H,18,21)(H,19,20)/t14-/m0/s1. The van der Waals surface area contributed by atoms with Crippen LogP contribution in [-0.2, 0) is 4.79 Å². The smallest absolute Gasteiger partial charge is 0.262 e. The molecule has 2 rings (SSSR count). The molecule has 1 aromatic carbocycles. The monoisotopic (exact) mass is 336 g/mol. The molecule has 0 aliphatic rings. The molecule has 0 spiro atoms. The Balaban J connectivity index is 2.05. The van der Waals surface area contributed by atoms with Crippen LogP contribution in [0.3, 0.4) is 0 Å². The zero-order valence-corrected chi connectivity index (χ0v) is 13.9. The minimum Gasteiger partial charge on any atom is -0.339 e. The van der Waals surface area contributed by atoms with Crippen LogP contribution < -0.4 is 10.6 Å². The quantitative estimate of drug-likeness (QED) is 0.872. The number of hydrogen-bond acceptors (Lipinski definition) is 3. The summed E-state index contributed by atoms with van der Waals surface area (Å²) in [4.78, 5) is 25.1. The van der Waals surface area contributed by atoms with E-state index in [2.05, 4.69) is 10.6 Å². The van der Waals surface area contributed by atoms with Gasteiger partial charge in [-0.25, -0.2) is 0 Å². The molecule has 0 aliphatic carbocycles. The maximum absolute atomic E-state index is 12.4. The summed E-state index contributed by atoms with van der Waals surface area (Å²) in [7, 11) is 0. The molecule has 0 fully saturated rings. The van der Waals surface area contributed by atoms with E-state index in [1.165, 1.54) is 11.3 Å². The third-order valence-corrected chi connectivity index (χ3v) is 4.21. The summed E-state index contributed by atoms with van der Waals surface area (Å²) in [5, 5.41) is 8.00. The Bertz CT molecular complexity index is 639. The molecule has 6 heteroatoms. The molecule has 2 aromatic rings. The van der Waals surface area contributed by atoms with Crippen LogP contribution in [0.5, 0.6) is 0 Å². The zero-order valence-electron chi connectivity index (χ0n) is 12.3. The van der Waals surface area contributed by atoms with Crippen molar-refractivity contribution >= 4 is 40.4 Å². The van der Waals surface area contributed by atoms with E-state index in [1.54, 1.807) is 36.4 Å². The summed E-state index contributed by atoms with van der Waals surface area (Å²) in [6.07, 6.45) is 0. The Morgan fingerprint density at radius 2 is 1.82 bits per heavy atom. The van der Waals surface area contributed by atoms with Gasteiger partial charge in [0, 0.05) is 10.7 Å². The lowest BCUT2D eigenvalue weighted by Crippen LogP contribution is -2.46. The number of nitrogens with one attached hydrogen (secondary N) is 2. The number of carbonyl (C=O) groups is 2. The van der Waals surface area contributed by atoms with Crippen LogP contribution in [0.15, 0.2) is 41.8 Å². The largest absolute Gasteiger partial charge is 0.339 e. The molecular weight excluding hydrogens is 320 g/mol. The van der Waals surface area contributed by atoms with Crippen LogP contribution in [-0.4, -0.2) is 17.9 Å². The summed E-state index contributed by atoms with van der Waals surface area (Å²) >= 11 is 7.16. The van der Waals surface area contributed by atoms with Crippen LogP contribution in [0.1, 0.15) is 23.5 Å². The van der Waals surface area contributed by atoms with Crippen LogP contribution in [0.2, 0.25) is 5.02 Å². The van der Waals surface area contributed by atoms with Crippen molar-refractivity contribution in [3.8, 4) is 0 Å². The van der Waals surface area contributed by atoms with Gasteiger partial charge in [0.2, 0.25) is 5.91 Å². The summed E-state index contributed by atoms with van der Waals surface area (Å²) in [6, 6.07) is 9.77. The zero-order chi connectivity index (χ0) is 16.1. The average molecular weight is 337 g/mol. The lowest BCUT2D eigenvalue weighted by Gasteiger charge is -2.21. The Morgan fingerprint density at radius 1 is 1.14 bits per heavy atom. The van der Waals surface area contributed by atoms with Gasteiger partial charge in [0.15, 0.2) is 0 Å². The van der Waals surface area contributed by atoms with Gasteiger partial charge in [0.1, 0.15) is 6.04 Å². The van der Waals surface area contributed by atoms with Crippen molar-refractivity contribution in [1.29, 1.82) is 0 Å². The molecule has 2 amide bonds. The lowest BCUT2D eigenvalue weighted by molar-refractivity contribution is -0.118. The highest BCUT2D eigenvalue weighted by Gasteiger charge is 2.25. The van der Waals surface area contributed by atoms with Crippen molar-refractivity contribution in [2.45, 2.75) is 19.9 Å². The van der Waals surface area contributed by atoms with Gasteiger partial charge in [-0.2, -0.15) is 0 Å². The maximum Gasteiger partial charge on any atom is 0.262 e. The third-order valence-electron chi connectivity index (χ3n) is 3.09. The summed E-state index contributed by atoms with van der Waals surface area (Å²) in [5.41, 5.74) is 0.644. The molecule has 1 heterocycles. The van der Waals surface area contributed by atoms with E-state index in [4.69, 9.17) is 11.6 Å². The summed E-state index contributed by atoms with van der Waals surface area (Å²) < 4.78 is 0. The van der Waals surface area contributed by atoms with Crippen molar-refractivity contribution in [2.75, 3.05) is 5.32 Å². The molecule has 0 saturated carbocycles. The van der Waals surface area contributed by atoms with Gasteiger partial charge in [0.25, 0.3) is 5.91 Å². The van der Waals surface area contributed by atoms with Gasteiger partial charge in [-0.1, -0.05) is 31.5 Å². The van der Waals surface area contributed by atoms with E-state index in [0.29, 0.717) is 15.6 Å². The highest BCUT2D eigenvalue weighted by atomic mass is 35.5. The molecule has 22 heavy (non-hydrogen) atoms. The van der Waals surface area contributed by atoms with Crippen molar-refractivity contribution < 1.29 is 9.59 Å². The van der Waals surface area contributed by atoms with Gasteiger partial charge < -0.3 is 10.6 Å². The molecule has 4 nitrogen and oxygen atoms in total. The number of amides is 2. The summed E-state index contributed by atoms with van der Waals surface area (Å²) in [5.74, 6) is -0.515. The van der Waals surface area contributed by atoms with Crippen molar-refractivity contribution in [3.05, 3.63) is 51.7 Å². The fourth-order valence-electron chi connectivity index (χ4n) is 1.91. The normalized spacial score (nSPS) is 12.0. The van der Waals surface area contributed by atoms with E-state index < -0.39 is 6.04 Å². The van der Waals surface area contributed by atoms with Gasteiger partial charge in [0.05, 0.1) is 4.88 Å². The Labute approximate surface area is 138 Å². The van der Waals surface area contributed by atoms with Crippen molar-refractivity contribution in [2.24, 2.45) is 5.92 Å². The fraction of sp³-hybridized carbons (Fsp3) is 0.250. The second-order valence-electron chi connectivity index (χ2n) is 5.17. The SMILES string of the molecule is CC(C)[C@H](NC(=O)c1cccs1)C(=O)Nc1ccc(Cl)cc1. The van der Waals surface area contributed by atoms with E-state index in [1.807, 2.05) is 19.2 Å². The average Bonchev–Trinajstić information content (AvgIpc) is 3.00. The number of thiophene rings is 1. The number of halogens is 1. The molecule has 0 unspecified atom stereocenters. The number of benzene rings is 1. The van der Waals surface area contributed by atoms with Gasteiger partial charge in [-0.05, 0) is 41.6 Å². The van der Waals surface area contributed by atoms with Crippen molar-refractivity contribution in [1.82, 2.24) is 5.32 Å². The van der Waals surface area contributed by atoms with Gasteiger partial charge in [-0.3, -0.25) is 9.59 Å². The number of anilines is 1. The highest BCUT2D eigenvalue weighted by molar-refractivity contribution is 7.12. The second kappa shape index (κ2) is 7.42. The van der Waals surface area contributed by atoms with Gasteiger partial charge in [-0.15, -0.1) is 11.3 Å². The Morgan fingerprint density at radius 3 is 2.36 bits per heavy atom. The maximum atomic E-state index is 12.4. The molecule has 116 valence electrons. The predicted octanol–water partition coefficient (Wildman–Crippen LogP) is 3.79. The van der Waals surface area contributed by atoms with Crippen LogP contribution in [0, 0.1) is 5.92 Å². The fourth-order valence-corrected chi connectivity index (χ4v) is 2.66. The molecule has 0 radical (unpaired) electrons. The highest BCUT2D eigenvalue weighted by Crippen LogP contribution is 2.15. The molecule has 1 aromatic heterocycles. The number of rotatable bonds is 5.